The zero-order valence-corrected chi connectivity index (χ0v) is 16.6. The van der Waals surface area contributed by atoms with E-state index in [-0.39, 0.29) is 18.2 Å². The number of rotatable bonds is 6. The Morgan fingerprint density at radius 2 is 1.81 bits per heavy atom. The summed E-state index contributed by atoms with van der Waals surface area (Å²) in [7, 11) is 0. The van der Waals surface area contributed by atoms with Crippen molar-refractivity contribution in [3.63, 3.8) is 0 Å². The molecule has 140 valence electrons. The van der Waals surface area contributed by atoms with E-state index in [1.165, 1.54) is 23.4 Å². The molecular formula is C21H26ClFN2O. The molecule has 0 aliphatic heterocycles. The van der Waals surface area contributed by atoms with Crippen molar-refractivity contribution < 1.29 is 9.13 Å². The largest absolute Gasteiger partial charge is 0.476 e. The molecule has 3 aromatic rings. The standard InChI is InChI=1S/C21H25FN2O.ClH/c1-14(2)10-12-25-21-20-19(9-11-23-21)15(3)16(4)24(20)13-17-5-7-18(22)8-6-17;/h5-9,11,14H,10,12-13H2,1-4H3;1H. The molecule has 0 aliphatic carbocycles. The van der Waals surface area contributed by atoms with Crippen molar-refractivity contribution in [2.24, 2.45) is 5.92 Å². The highest BCUT2D eigenvalue weighted by Gasteiger charge is 2.16. The number of hydrogen-bond donors (Lipinski definition) is 0. The molecule has 3 rings (SSSR count). The minimum absolute atomic E-state index is 0. The predicted octanol–water partition coefficient (Wildman–Crippen LogP) is 5.69. The van der Waals surface area contributed by atoms with Crippen LogP contribution in [-0.4, -0.2) is 16.2 Å². The van der Waals surface area contributed by atoms with E-state index < -0.39 is 0 Å². The van der Waals surface area contributed by atoms with E-state index in [9.17, 15) is 4.39 Å². The maximum absolute atomic E-state index is 13.2. The number of nitrogens with zero attached hydrogens (tertiary/aromatic N) is 2. The lowest BCUT2D eigenvalue weighted by Crippen LogP contribution is -2.07. The molecular weight excluding hydrogens is 351 g/mol. The van der Waals surface area contributed by atoms with E-state index in [0.717, 1.165) is 22.9 Å². The first-order chi connectivity index (χ1) is 12.0. The zero-order valence-electron chi connectivity index (χ0n) is 15.8. The van der Waals surface area contributed by atoms with Crippen LogP contribution >= 0.6 is 12.4 Å². The van der Waals surface area contributed by atoms with Gasteiger partial charge in [0.1, 0.15) is 11.3 Å². The third-order valence-electron chi connectivity index (χ3n) is 4.70. The number of halogens is 2. The normalized spacial score (nSPS) is 11.0. The van der Waals surface area contributed by atoms with Gasteiger partial charge in [-0.3, -0.25) is 0 Å². The van der Waals surface area contributed by atoms with Crippen LogP contribution in [0.5, 0.6) is 5.88 Å². The van der Waals surface area contributed by atoms with Crippen LogP contribution in [0, 0.1) is 25.6 Å². The molecule has 0 spiro atoms. The van der Waals surface area contributed by atoms with E-state index >= 15 is 0 Å². The van der Waals surface area contributed by atoms with Crippen LogP contribution in [-0.2, 0) is 6.54 Å². The molecule has 0 N–H and O–H groups in total. The second-order valence-electron chi connectivity index (χ2n) is 6.97. The summed E-state index contributed by atoms with van der Waals surface area (Å²) < 4.78 is 21.4. The summed E-state index contributed by atoms with van der Waals surface area (Å²) in [5.41, 5.74) is 4.48. The Bertz CT molecular complexity index is 872. The van der Waals surface area contributed by atoms with Gasteiger partial charge in [-0.15, -0.1) is 12.4 Å². The quantitative estimate of drug-likeness (QED) is 0.552. The van der Waals surface area contributed by atoms with Gasteiger partial charge in [-0.05, 0) is 55.5 Å². The maximum Gasteiger partial charge on any atom is 0.238 e. The SMILES string of the molecule is Cc1c(C)n(Cc2ccc(F)cc2)c2c(OCCC(C)C)nccc12.Cl. The fourth-order valence-corrected chi connectivity index (χ4v) is 3.03. The summed E-state index contributed by atoms with van der Waals surface area (Å²) >= 11 is 0. The summed E-state index contributed by atoms with van der Waals surface area (Å²) in [6.45, 7) is 9.92. The Labute approximate surface area is 160 Å². The van der Waals surface area contributed by atoms with E-state index in [1.54, 1.807) is 0 Å². The molecule has 3 nitrogen and oxygen atoms in total. The molecule has 2 aromatic heterocycles. The van der Waals surface area contributed by atoms with E-state index in [1.807, 2.05) is 24.4 Å². The summed E-state index contributed by atoms with van der Waals surface area (Å²) in [6.07, 6.45) is 2.80. The molecule has 1 aromatic carbocycles. The molecule has 0 bridgehead atoms. The van der Waals surface area contributed by atoms with Crippen molar-refractivity contribution in [1.29, 1.82) is 0 Å². The summed E-state index contributed by atoms with van der Waals surface area (Å²) in [5, 5.41) is 1.16. The van der Waals surface area contributed by atoms with Gasteiger partial charge < -0.3 is 9.30 Å². The topological polar surface area (TPSA) is 27.1 Å². The summed E-state index contributed by atoms with van der Waals surface area (Å²) in [5.74, 6) is 1.05. The molecule has 0 amide bonds. The van der Waals surface area contributed by atoms with E-state index in [2.05, 4.69) is 37.2 Å². The number of pyridine rings is 1. The van der Waals surface area contributed by atoms with Gasteiger partial charge in [-0.1, -0.05) is 26.0 Å². The number of ether oxygens (including phenoxy) is 1. The molecule has 0 unspecified atom stereocenters. The van der Waals surface area contributed by atoms with Crippen LogP contribution in [0.2, 0.25) is 0 Å². The number of aromatic nitrogens is 2. The second kappa shape index (κ2) is 8.54. The highest BCUT2D eigenvalue weighted by Crippen LogP contribution is 2.31. The van der Waals surface area contributed by atoms with Gasteiger partial charge in [-0.25, -0.2) is 9.37 Å². The van der Waals surface area contributed by atoms with E-state index in [4.69, 9.17) is 4.74 Å². The first-order valence-electron chi connectivity index (χ1n) is 8.79. The molecule has 0 fully saturated rings. The molecule has 0 saturated heterocycles. The van der Waals surface area contributed by atoms with Crippen molar-refractivity contribution in [1.82, 2.24) is 9.55 Å². The molecule has 0 aliphatic rings. The molecule has 0 atom stereocenters. The molecule has 26 heavy (non-hydrogen) atoms. The molecule has 2 heterocycles. The van der Waals surface area contributed by atoms with Gasteiger partial charge in [0, 0.05) is 23.8 Å². The molecule has 0 radical (unpaired) electrons. The monoisotopic (exact) mass is 376 g/mol. The summed E-state index contributed by atoms with van der Waals surface area (Å²) in [6, 6.07) is 8.69. The fraction of sp³-hybridized carbons (Fsp3) is 0.381. The minimum atomic E-state index is -0.214. The number of benzene rings is 1. The number of aryl methyl sites for hydroxylation is 1. The smallest absolute Gasteiger partial charge is 0.238 e. The number of hydrogen-bond acceptors (Lipinski definition) is 2. The van der Waals surface area contributed by atoms with Crippen LogP contribution in [0.4, 0.5) is 4.39 Å². The first-order valence-corrected chi connectivity index (χ1v) is 8.79. The lowest BCUT2D eigenvalue weighted by Gasteiger charge is -2.13. The second-order valence-corrected chi connectivity index (χ2v) is 6.97. The van der Waals surface area contributed by atoms with Crippen LogP contribution in [0.3, 0.4) is 0 Å². The zero-order chi connectivity index (χ0) is 18.0. The first kappa shape index (κ1) is 20.2. The average Bonchev–Trinajstić information content (AvgIpc) is 2.82. The van der Waals surface area contributed by atoms with Crippen LogP contribution < -0.4 is 4.74 Å². The van der Waals surface area contributed by atoms with Crippen LogP contribution in [0.1, 0.15) is 37.1 Å². The Morgan fingerprint density at radius 3 is 2.46 bits per heavy atom. The highest BCUT2D eigenvalue weighted by atomic mass is 35.5. The average molecular weight is 377 g/mol. The van der Waals surface area contributed by atoms with Crippen molar-refractivity contribution in [2.45, 2.75) is 40.7 Å². The third-order valence-corrected chi connectivity index (χ3v) is 4.70. The van der Waals surface area contributed by atoms with Crippen LogP contribution in [0.25, 0.3) is 10.9 Å². The Morgan fingerprint density at radius 1 is 1.12 bits per heavy atom. The lowest BCUT2D eigenvalue weighted by atomic mass is 10.1. The molecule has 0 saturated carbocycles. The third kappa shape index (κ3) is 4.18. The highest BCUT2D eigenvalue weighted by molar-refractivity contribution is 5.89. The van der Waals surface area contributed by atoms with Gasteiger partial charge in [-0.2, -0.15) is 0 Å². The fourth-order valence-electron chi connectivity index (χ4n) is 3.03. The van der Waals surface area contributed by atoms with Crippen molar-refractivity contribution in [2.75, 3.05) is 6.61 Å². The van der Waals surface area contributed by atoms with Gasteiger partial charge in [0.2, 0.25) is 5.88 Å². The Balaban J connectivity index is 0.00000243. The molecule has 5 heteroatoms. The van der Waals surface area contributed by atoms with Gasteiger partial charge in [0.25, 0.3) is 0 Å². The minimum Gasteiger partial charge on any atom is -0.476 e. The van der Waals surface area contributed by atoms with Crippen molar-refractivity contribution >= 4 is 23.3 Å². The maximum atomic E-state index is 13.2. The van der Waals surface area contributed by atoms with Gasteiger partial charge in [0.05, 0.1) is 6.61 Å². The van der Waals surface area contributed by atoms with Crippen molar-refractivity contribution in [3.8, 4) is 5.88 Å². The lowest BCUT2D eigenvalue weighted by molar-refractivity contribution is 0.281. The van der Waals surface area contributed by atoms with Crippen LogP contribution in [0.15, 0.2) is 36.5 Å². The van der Waals surface area contributed by atoms with Gasteiger partial charge in [0.15, 0.2) is 0 Å². The summed E-state index contributed by atoms with van der Waals surface area (Å²) in [4.78, 5) is 4.47. The Hall–Kier alpha value is -2.07. The Kier molecular flexibility index (Phi) is 6.65. The number of fused-ring (bicyclic) bond motifs is 1. The van der Waals surface area contributed by atoms with E-state index in [0.29, 0.717) is 24.9 Å². The van der Waals surface area contributed by atoms with Gasteiger partial charge >= 0.3 is 0 Å². The predicted molar refractivity (Wildman–Crippen MR) is 107 cm³/mol. The van der Waals surface area contributed by atoms with Crippen molar-refractivity contribution in [3.05, 3.63) is 59.2 Å².